The lowest BCUT2D eigenvalue weighted by Gasteiger charge is -2.22. The number of hydrogen-bond acceptors (Lipinski definition) is 6. The summed E-state index contributed by atoms with van der Waals surface area (Å²) in [4.78, 5) is 11.2. The monoisotopic (exact) mass is 256 g/mol. The first-order valence-electron chi connectivity index (χ1n) is 5.55. The number of primary amides is 1. The van der Waals surface area contributed by atoms with Gasteiger partial charge in [-0.15, -0.1) is 0 Å². The highest BCUT2D eigenvalue weighted by Crippen LogP contribution is 2.27. The van der Waals surface area contributed by atoms with Crippen molar-refractivity contribution in [1.29, 1.82) is 0 Å². The van der Waals surface area contributed by atoms with E-state index < -0.39 is 5.91 Å². The Labute approximate surface area is 103 Å². The van der Waals surface area contributed by atoms with E-state index in [4.69, 9.17) is 16.2 Å². The van der Waals surface area contributed by atoms with Crippen molar-refractivity contribution in [3.8, 4) is 0 Å². The molecule has 0 saturated carbocycles. The van der Waals surface area contributed by atoms with E-state index in [0.717, 1.165) is 32.6 Å². The van der Waals surface area contributed by atoms with Gasteiger partial charge in [-0.05, 0) is 30.3 Å². The lowest BCUT2D eigenvalue weighted by atomic mass is 10.0. The van der Waals surface area contributed by atoms with Crippen molar-refractivity contribution in [3.05, 3.63) is 5.56 Å². The van der Waals surface area contributed by atoms with E-state index in [1.54, 1.807) is 0 Å². The van der Waals surface area contributed by atoms with Crippen LogP contribution in [0.2, 0.25) is 0 Å². The number of hydrogen-bond donors (Lipinski definition) is 3. The van der Waals surface area contributed by atoms with Gasteiger partial charge >= 0.3 is 0 Å². The van der Waals surface area contributed by atoms with Gasteiger partial charge in [0.2, 0.25) is 0 Å². The van der Waals surface area contributed by atoms with Crippen LogP contribution in [0.15, 0.2) is 0 Å². The molecule has 7 heteroatoms. The minimum Gasteiger partial charge on any atom is -0.382 e. The Morgan fingerprint density at radius 3 is 2.88 bits per heavy atom. The fourth-order valence-corrected chi connectivity index (χ4v) is 2.57. The maximum absolute atomic E-state index is 11.2. The van der Waals surface area contributed by atoms with Crippen molar-refractivity contribution in [2.45, 2.75) is 12.8 Å². The van der Waals surface area contributed by atoms with E-state index in [9.17, 15) is 4.79 Å². The van der Waals surface area contributed by atoms with Gasteiger partial charge in [0.25, 0.3) is 5.91 Å². The normalized spacial score (nSPS) is 16.9. The standard InChI is InChI=1S/C10H16N4O2S/c11-8-7(9(12)15)10(17-14-8)13-5-6-1-3-16-4-2-6/h6,13H,1-5H2,(H2,11,14)(H2,12,15). The molecule has 5 N–H and O–H groups in total. The predicted octanol–water partition coefficient (Wildman–Crippen LogP) is 0.663. The maximum atomic E-state index is 11.2. The second kappa shape index (κ2) is 5.33. The molecular formula is C10H16N4O2S. The number of rotatable bonds is 4. The topological polar surface area (TPSA) is 103 Å². The number of aromatic nitrogens is 1. The molecule has 1 fully saturated rings. The first-order chi connectivity index (χ1) is 8.18. The average Bonchev–Trinajstić information content (AvgIpc) is 2.69. The highest BCUT2D eigenvalue weighted by Gasteiger charge is 2.19. The Hall–Kier alpha value is -1.34. The fourth-order valence-electron chi connectivity index (χ4n) is 1.85. The van der Waals surface area contributed by atoms with E-state index in [-0.39, 0.29) is 5.82 Å². The zero-order chi connectivity index (χ0) is 12.3. The molecule has 2 heterocycles. The molecule has 0 spiro atoms. The summed E-state index contributed by atoms with van der Waals surface area (Å²) in [5.41, 5.74) is 11.2. The number of carbonyl (C=O) groups excluding carboxylic acids is 1. The number of nitrogens with one attached hydrogen (secondary N) is 1. The molecule has 1 aromatic rings. The molecule has 1 saturated heterocycles. The molecule has 0 aromatic carbocycles. The number of nitrogens with zero attached hydrogens (tertiary/aromatic N) is 1. The first kappa shape index (κ1) is 12.1. The summed E-state index contributed by atoms with van der Waals surface area (Å²) in [7, 11) is 0. The minimum absolute atomic E-state index is 0.206. The van der Waals surface area contributed by atoms with Crippen LogP contribution in [0.25, 0.3) is 0 Å². The van der Waals surface area contributed by atoms with Crippen LogP contribution in [0, 0.1) is 5.92 Å². The van der Waals surface area contributed by atoms with E-state index in [1.807, 2.05) is 0 Å². The number of nitrogens with two attached hydrogens (primary N) is 2. The van der Waals surface area contributed by atoms with Gasteiger partial charge in [0.05, 0.1) is 0 Å². The molecule has 6 nitrogen and oxygen atoms in total. The Bertz CT molecular complexity index is 401. The van der Waals surface area contributed by atoms with Crippen LogP contribution < -0.4 is 16.8 Å². The number of nitrogen functional groups attached to an aromatic ring is 1. The Morgan fingerprint density at radius 2 is 2.24 bits per heavy atom. The van der Waals surface area contributed by atoms with E-state index in [0.29, 0.717) is 16.5 Å². The molecule has 0 atom stereocenters. The molecule has 1 aliphatic heterocycles. The summed E-state index contributed by atoms with van der Waals surface area (Å²) in [6.45, 7) is 2.41. The third-order valence-corrected chi connectivity index (χ3v) is 3.68. The number of carbonyl (C=O) groups is 1. The minimum atomic E-state index is -0.536. The van der Waals surface area contributed by atoms with E-state index in [2.05, 4.69) is 9.69 Å². The number of ether oxygens (including phenoxy) is 1. The molecule has 1 amide bonds. The van der Waals surface area contributed by atoms with E-state index in [1.165, 1.54) is 11.5 Å². The molecule has 0 radical (unpaired) electrons. The molecule has 94 valence electrons. The molecule has 17 heavy (non-hydrogen) atoms. The third-order valence-electron chi connectivity index (χ3n) is 2.86. The summed E-state index contributed by atoms with van der Waals surface area (Å²) in [6.07, 6.45) is 2.07. The zero-order valence-corrected chi connectivity index (χ0v) is 10.3. The summed E-state index contributed by atoms with van der Waals surface area (Å²) in [5, 5.41) is 3.87. The molecular weight excluding hydrogens is 240 g/mol. The molecule has 1 aromatic heterocycles. The average molecular weight is 256 g/mol. The predicted molar refractivity (Wildman–Crippen MR) is 67.1 cm³/mol. The maximum Gasteiger partial charge on any atom is 0.255 e. The van der Waals surface area contributed by atoms with Gasteiger partial charge in [0.1, 0.15) is 10.6 Å². The summed E-state index contributed by atoms with van der Waals surface area (Å²) in [6, 6.07) is 0. The zero-order valence-electron chi connectivity index (χ0n) is 9.44. The number of anilines is 2. The fraction of sp³-hybridized carbons (Fsp3) is 0.600. The summed E-state index contributed by atoms with van der Waals surface area (Å²) in [5.74, 6) is 0.232. The quantitative estimate of drug-likeness (QED) is 0.734. The van der Waals surface area contributed by atoms with Gasteiger partial charge in [-0.2, -0.15) is 4.37 Å². The Kier molecular flexibility index (Phi) is 3.80. The van der Waals surface area contributed by atoms with Gasteiger partial charge in [0.15, 0.2) is 5.82 Å². The largest absolute Gasteiger partial charge is 0.382 e. The smallest absolute Gasteiger partial charge is 0.255 e. The third kappa shape index (κ3) is 2.86. The van der Waals surface area contributed by atoms with Crippen LogP contribution in [-0.4, -0.2) is 30.0 Å². The van der Waals surface area contributed by atoms with Crippen molar-refractivity contribution in [2.24, 2.45) is 11.7 Å². The lowest BCUT2D eigenvalue weighted by molar-refractivity contribution is 0.0699. The van der Waals surface area contributed by atoms with Crippen LogP contribution in [0.1, 0.15) is 23.2 Å². The summed E-state index contributed by atoms with van der Waals surface area (Å²) < 4.78 is 9.22. The van der Waals surface area contributed by atoms with Crippen molar-refractivity contribution in [2.75, 3.05) is 30.8 Å². The molecule has 2 rings (SSSR count). The Balaban J connectivity index is 1.96. The van der Waals surface area contributed by atoms with Crippen molar-refractivity contribution >= 4 is 28.3 Å². The first-order valence-corrected chi connectivity index (χ1v) is 6.32. The second-order valence-corrected chi connectivity index (χ2v) is 4.85. The van der Waals surface area contributed by atoms with Crippen molar-refractivity contribution in [3.63, 3.8) is 0 Å². The van der Waals surface area contributed by atoms with Crippen molar-refractivity contribution < 1.29 is 9.53 Å². The molecule has 1 aliphatic rings. The van der Waals surface area contributed by atoms with Crippen LogP contribution in [0.5, 0.6) is 0 Å². The molecule has 0 bridgehead atoms. The van der Waals surface area contributed by atoms with Crippen LogP contribution in [0.3, 0.4) is 0 Å². The van der Waals surface area contributed by atoms with Crippen LogP contribution >= 0.6 is 11.5 Å². The SMILES string of the molecule is NC(=O)c1c(N)nsc1NCC1CCOCC1. The Morgan fingerprint density at radius 1 is 1.53 bits per heavy atom. The second-order valence-electron chi connectivity index (χ2n) is 4.07. The number of amides is 1. The van der Waals surface area contributed by atoms with Crippen molar-refractivity contribution in [1.82, 2.24) is 4.37 Å². The summed E-state index contributed by atoms with van der Waals surface area (Å²) >= 11 is 1.17. The van der Waals surface area contributed by atoms with Gasteiger partial charge in [-0.25, -0.2) is 0 Å². The highest BCUT2D eigenvalue weighted by molar-refractivity contribution is 7.11. The van der Waals surface area contributed by atoms with E-state index >= 15 is 0 Å². The van der Waals surface area contributed by atoms with Crippen LogP contribution in [0.4, 0.5) is 10.8 Å². The van der Waals surface area contributed by atoms with Gasteiger partial charge < -0.3 is 21.5 Å². The van der Waals surface area contributed by atoms with Gasteiger partial charge in [0, 0.05) is 19.8 Å². The van der Waals surface area contributed by atoms with Crippen LogP contribution in [-0.2, 0) is 4.74 Å². The lowest BCUT2D eigenvalue weighted by Crippen LogP contribution is -2.23. The van der Waals surface area contributed by atoms with Gasteiger partial charge in [-0.1, -0.05) is 0 Å². The van der Waals surface area contributed by atoms with Gasteiger partial charge in [-0.3, -0.25) is 4.79 Å². The highest BCUT2D eigenvalue weighted by atomic mass is 32.1. The molecule has 0 unspecified atom stereocenters. The molecule has 0 aliphatic carbocycles.